The molecule has 2 aromatic heterocycles. The molecule has 0 atom stereocenters. The number of nitrogen functional groups attached to an aromatic ring is 1. The first-order valence-corrected chi connectivity index (χ1v) is 12.1. The molecule has 0 spiro atoms. The van der Waals surface area contributed by atoms with Gasteiger partial charge in [0.15, 0.2) is 0 Å². The minimum atomic E-state index is -0.283. The van der Waals surface area contributed by atoms with Gasteiger partial charge in [-0.2, -0.15) is 0 Å². The largest absolute Gasteiger partial charge is 0.398 e. The van der Waals surface area contributed by atoms with Crippen LogP contribution in [0.1, 0.15) is 35.2 Å². The van der Waals surface area contributed by atoms with Crippen LogP contribution in [-0.2, 0) is 6.42 Å². The molecule has 0 unspecified atom stereocenters. The highest BCUT2D eigenvalue weighted by molar-refractivity contribution is 5.82. The zero-order valence-corrected chi connectivity index (χ0v) is 20.2. The lowest BCUT2D eigenvalue weighted by molar-refractivity contribution is 0.259. The number of nitrogens with zero attached hydrogens (tertiary/aromatic N) is 3. The third kappa shape index (κ3) is 4.93. The van der Waals surface area contributed by atoms with E-state index >= 15 is 0 Å². The lowest BCUT2D eigenvalue weighted by Crippen LogP contribution is -2.34. The standard InChI is InChI=1S/C29H28F2N4O/c1-19-26(29(36)35-18-25(32)10-11-27(35)33-19)14-17-34-15-12-22(13-16-34)28(20-2-6-23(30)7-3-20)21-4-8-24(31)9-5-21/h2-11,18H,12-17,32H2,1H3. The predicted octanol–water partition coefficient (Wildman–Crippen LogP) is 5.00. The van der Waals surface area contributed by atoms with Crippen molar-refractivity contribution in [1.82, 2.24) is 14.3 Å². The van der Waals surface area contributed by atoms with Gasteiger partial charge in [0, 0.05) is 42.8 Å². The van der Waals surface area contributed by atoms with Crippen molar-refractivity contribution in [2.75, 3.05) is 25.4 Å². The third-order valence-electron chi connectivity index (χ3n) is 6.90. The first-order chi connectivity index (χ1) is 17.4. The number of halogens is 2. The second-order valence-corrected chi connectivity index (χ2v) is 9.26. The maximum atomic E-state index is 13.6. The molecular weight excluding hydrogens is 458 g/mol. The van der Waals surface area contributed by atoms with Crippen molar-refractivity contribution < 1.29 is 8.78 Å². The second-order valence-electron chi connectivity index (χ2n) is 9.26. The number of hydrogen-bond acceptors (Lipinski definition) is 4. The molecular formula is C29H28F2N4O. The molecule has 7 heteroatoms. The van der Waals surface area contributed by atoms with Crippen LogP contribution >= 0.6 is 0 Å². The zero-order chi connectivity index (χ0) is 25.2. The Morgan fingerprint density at radius 1 is 0.917 bits per heavy atom. The molecule has 0 saturated carbocycles. The molecule has 36 heavy (non-hydrogen) atoms. The summed E-state index contributed by atoms with van der Waals surface area (Å²) in [5.41, 5.74) is 12.5. The van der Waals surface area contributed by atoms with E-state index in [2.05, 4.69) is 9.88 Å². The lowest BCUT2D eigenvalue weighted by atomic mass is 9.88. The van der Waals surface area contributed by atoms with E-state index in [0.29, 0.717) is 23.3 Å². The molecule has 2 aromatic carbocycles. The highest BCUT2D eigenvalue weighted by Gasteiger charge is 2.20. The van der Waals surface area contributed by atoms with E-state index in [0.717, 1.165) is 54.9 Å². The van der Waals surface area contributed by atoms with Crippen LogP contribution in [0.2, 0.25) is 0 Å². The van der Waals surface area contributed by atoms with Crippen molar-refractivity contribution in [3.63, 3.8) is 0 Å². The highest BCUT2D eigenvalue weighted by atomic mass is 19.1. The molecule has 0 amide bonds. The van der Waals surface area contributed by atoms with Gasteiger partial charge in [0.1, 0.15) is 17.3 Å². The SMILES string of the molecule is Cc1nc2ccc(N)cn2c(=O)c1CCN1CCC(=C(c2ccc(F)cc2)c2ccc(F)cc2)CC1. The van der Waals surface area contributed by atoms with Crippen LogP contribution in [-0.4, -0.2) is 33.9 Å². The smallest absolute Gasteiger partial charge is 0.261 e. The average Bonchev–Trinajstić information content (AvgIpc) is 2.88. The van der Waals surface area contributed by atoms with Crippen LogP contribution in [0.3, 0.4) is 0 Å². The molecule has 0 radical (unpaired) electrons. The van der Waals surface area contributed by atoms with Crippen LogP contribution in [0, 0.1) is 18.6 Å². The predicted molar refractivity (Wildman–Crippen MR) is 139 cm³/mol. The van der Waals surface area contributed by atoms with Crippen LogP contribution in [0.25, 0.3) is 11.2 Å². The number of piperidine rings is 1. The first-order valence-electron chi connectivity index (χ1n) is 12.1. The van der Waals surface area contributed by atoms with E-state index in [1.807, 2.05) is 6.92 Å². The van der Waals surface area contributed by atoms with Gasteiger partial charge in [0.2, 0.25) is 0 Å². The van der Waals surface area contributed by atoms with E-state index in [-0.39, 0.29) is 17.2 Å². The summed E-state index contributed by atoms with van der Waals surface area (Å²) in [6.45, 7) is 4.31. The normalized spacial score (nSPS) is 14.4. The number of likely N-dealkylation sites (tertiary alicyclic amines) is 1. The Kier molecular flexibility index (Phi) is 6.65. The van der Waals surface area contributed by atoms with Gasteiger partial charge in [0.05, 0.1) is 0 Å². The molecule has 1 saturated heterocycles. The van der Waals surface area contributed by atoms with Crippen molar-refractivity contribution in [2.24, 2.45) is 0 Å². The van der Waals surface area contributed by atoms with Gasteiger partial charge in [-0.3, -0.25) is 9.20 Å². The quantitative estimate of drug-likeness (QED) is 0.431. The van der Waals surface area contributed by atoms with E-state index in [4.69, 9.17) is 5.73 Å². The van der Waals surface area contributed by atoms with Crippen molar-refractivity contribution in [3.05, 3.63) is 117 Å². The molecule has 184 valence electrons. The Morgan fingerprint density at radius 2 is 1.50 bits per heavy atom. The van der Waals surface area contributed by atoms with E-state index in [1.54, 1.807) is 42.6 Å². The molecule has 1 fully saturated rings. The summed E-state index contributed by atoms with van der Waals surface area (Å²) in [7, 11) is 0. The number of aromatic nitrogens is 2. The van der Waals surface area contributed by atoms with E-state index in [1.165, 1.54) is 34.2 Å². The molecule has 1 aliphatic heterocycles. The number of nitrogens with two attached hydrogens (primary N) is 1. The van der Waals surface area contributed by atoms with E-state index < -0.39 is 0 Å². The fourth-order valence-corrected chi connectivity index (χ4v) is 4.96. The number of benzene rings is 2. The Balaban J connectivity index is 1.35. The fraction of sp³-hybridized carbons (Fsp3) is 0.241. The number of hydrogen-bond donors (Lipinski definition) is 1. The van der Waals surface area contributed by atoms with Gasteiger partial charge in [0.25, 0.3) is 5.56 Å². The number of rotatable bonds is 5. The second kappa shape index (κ2) is 10.0. The van der Waals surface area contributed by atoms with E-state index in [9.17, 15) is 13.6 Å². The van der Waals surface area contributed by atoms with Gasteiger partial charge in [-0.1, -0.05) is 29.8 Å². The summed E-state index contributed by atoms with van der Waals surface area (Å²) in [4.78, 5) is 20.0. The fourth-order valence-electron chi connectivity index (χ4n) is 4.96. The molecule has 2 N–H and O–H groups in total. The summed E-state index contributed by atoms with van der Waals surface area (Å²) in [6, 6.07) is 16.5. The molecule has 1 aliphatic rings. The summed E-state index contributed by atoms with van der Waals surface area (Å²) in [5.74, 6) is -0.566. The number of aryl methyl sites for hydroxylation is 1. The topological polar surface area (TPSA) is 63.6 Å². The number of pyridine rings is 1. The van der Waals surface area contributed by atoms with Crippen LogP contribution in [0.5, 0.6) is 0 Å². The summed E-state index contributed by atoms with van der Waals surface area (Å²) in [6.07, 6.45) is 3.92. The Morgan fingerprint density at radius 3 is 2.08 bits per heavy atom. The first kappa shape index (κ1) is 23.9. The summed E-state index contributed by atoms with van der Waals surface area (Å²) >= 11 is 0. The van der Waals surface area contributed by atoms with Crippen LogP contribution in [0.15, 0.2) is 77.2 Å². The maximum absolute atomic E-state index is 13.6. The molecule has 3 heterocycles. The third-order valence-corrected chi connectivity index (χ3v) is 6.90. The molecule has 0 bridgehead atoms. The minimum Gasteiger partial charge on any atom is -0.398 e. The highest BCUT2D eigenvalue weighted by Crippen LogP contribution is 2.32. The Labute approximate surface area is 208 Å². The van der Waals surface area contributed by atoms with Crippen molar-refractivity contribution in [1.29, 1.82) is 0 Å². The van der Waals surface area contributed by atoms with Gasteiger partial charge in [-0.15, -0.1) is 0 Å². The van der Waals surface area contributed by atoms with Gasteiger partial charge >= 0.3 is 0 Å². The monoisotopic (exact) mass is 486 g/mol. The van der Waals surface area contributed by atoms with Crippen molar-refractivity contribution in [3.8, 4) is 0 Å². The van der Waals surface area contributed by atoms with Crippen LogP contribution in [0.4, 0.5) is 14.5 Å². The maximum Gasteiger partial charge on any atom is 0.261 e. The van der Waals surface area contributed by atoms with Gasteiger partial charge in [-0.05, 0) is 79.3 Å². The summed E-state index contributed by atoms with van der Waals surface area (Å²) < 4.78 is 28.7. The molecule has 5 nitrogen and oxygen atoms in total. The zero-order valence-electron chi connectivity index (χ0n) is 20.2. The Hall–Kier alpha value is -3.84. The molecule has 5 rings (SSSR count). The summed E-state index contributed by atoms with van der Waals surface area (Å²) in [5, 5.41) is 0. The lowest BCUT2D eigenvalue weighted by Gasteiger charge is -2.30. The number of fused-ring (bicyclic) bond motifs is 1. The van der Waals surface area contributed by atoms with Gasteiger partial charge < -0.3 is 10.6 Å². The molecule has 0 aliphatic carbocycles. The van der Waals surface area contributed by atoms with Crippen molar-refractivity contribution >= 4 is 16.9 Å². The van der Waals surface area contributed by atoms with Crippen LogP contribution < -0.4 is 11.3 Å². The average molecular weight is 487 g/mol. The van der Waals surface area contributed by atoms with Gasteiger partial charge in [-0.25, -0.2) is 13.8 Å². The Bertz CT molecular complexity index is 1430. The molecule has 4 aromatic rings. The number of anilines is 1. The van der Waals surface area contributed by atoms with Crippen molar-refractivity contribution in [2.45, 2.75) is 26.2 Å². The minimum absolute atomic E-state index is 0.0719.